The Labute approximate surface area is 93.7 Å². The molecule has 1 fully saturated rings. The van der Waals surface area contributed by atoms with E-state index in [2.05, 4.69) is 5.32 Å². The molecule has 1 aliphatic rings. The molecule has 0 spiro atoms. The molecule has 1 saturated heterocycles. The van der Waals surface area contributed by atoms with E-state index in [4.69, 9.17) is 11.6 Å². The SMILES string of the molecule is Oc1c(Cl)ccc(C2CCNCC2)c1O. The minimum atomic E-state index is -0.201. The van der Waals surface area contributed by atoms with Crippen LogP contribution in [0, 0.1) is 0 Å². The average Bonchev–Trinajstić information content (AvgIpc) is 2.27. The number of benzene rings is 1. The van der Waals surface area contributed by atoms with Crippen molar-refractivity contribution in [3.63, 3.8) is 0 Å². The first-order valence-corrected chi connectivity index (χ1v) is 5.49. The van der Waals surface area contributed by atoms with E-state index in [1.54, 1.807) is 12.1 Å². The van der Waals surface area contributed by atoms with Crippen LogP contribution in [0.25, 0.3) is 0 Å². The summed E-state index contributed by atoms with van der Waals surface area (Å²) in [4.78, 5) is 0. The minimum Gasteiger partial charge on any atom is -0.504 e. The van der Waals surface area contributed by atoms with Gasteiger partial charge in [-0.05, 0) is 37.9 Å². The van der Waals surface area contributed by atoms with Crippen molar-refractivity contribution in [3.8, 4) is 11.5 Å². The summed E-state index contributed by atoms with van der Waals surface area (Å²) in [5, 5.41) is 22.8. The number of piperidine rings is 1. The molecule has 3 N–H and O–H groups in total. The van der Waals surface area contributed by atoms with Crippen LogP contribution < -0.4 is 5.32 Å². The highest BCUT2D eigenvalue weighted by Crippen LogP contribution is 2.41. The van der Waals surface area contributed by atoms with E-state index in [0.717, 1.165) is 31.5 Å². The Bertz CT molecular complexity index is 362. The third-order valence-electron chi connectivity index (χ3n) is 2.91. The van der Waals surface area contributed by atoms with Gasteiger partial charge in [0.15, 0.2) is 11.5 Å². The number of nitrogens with one attached hydrogen (secondary N) is 1. The number of halogens is 1. The first kappa shape index (κ1) is 10.6. The molecular formula is C11H14ClNO2. The fraction of sp³-hybridized carbons (Fsp3) is 0.455. The van der Waals surface area contributed by atoms with Crippen molar-refractivity contribution >= 4 is 11.6 Å². The van der Waals surface area contributed by atoms with Gasteiger partial charge in [0, 0.05) is 5.56 Å². The Balaban J connectivity index is 2.31. The van der Waals surface area contributed by atoms with E-state index in [1.807, 2.05) is 0 Å². The van der Waals surface area contributed by atoms with Crippen LogP contribution in [0.2, 0.25) is 5.02 Å². The minimum absolute atomic E-state index is 0.0607. The summed E-state index contributed by atoms with van der Waals surface area (Å²) in [7, 11) is 0. The van der Waals surface area contributed by atoms with Crippen molar-refractivity contribution in [2.75, 3.05) is 13.1 Å². The first-order valence-electron chi connectivity index (χ1n) is 5.11. The van der Waals surface area contributed by atoms with E-state index >= 15 is 0 Å². The van der Waals surface area contributed by atoms with Crippen LogP contribution in [0.4, 0.5) is 0 Å². The molecule has 0 aromatic heterocycles. The van der Waals surface area contributed by atoms with E-state index in [-0.39, 0.29) is 16.5 Å². The van der Waals surface area contributed by atoms with Gasteiger partial charge >= 0.3 is 0 Å². The molecule has 0 atom stereocenters. The lowest BCUT2D eigenvalue weighted by molar-refractivity contribution is 0.385. The van der Waals surface area contributed by atoms with Crippen LogP contribution in [-0.2, 0) is 0 Å². The summed E-state index contributed by atoms with van der Waals surface area (Å²) in [6.45, 7) is 1.90. The van der Waals surface area contributed by atoms with Gasteiger partial charge in [0.1, 0.15) is 0 Å². The Hall–Kier alpha value is -0.930. The summed E-state index contributed by atoms with van der Waals surface area (Å²) in [6, 6.07) is 3.43. The molecule has 1 heterocycles. The number of rotatable bonds is 1. The second-order valence-electron chi connectivity index (χ2n) is 3.86. The van der Waals surface area contributed by atoms with Crippen LogP contribution in [0.1, 0.15) is 24.3 Å². The van der Waals surface area contributed by atoms with E-state index < -0.39 is 0 Å². The number of aromatic hydroxyl groups is 2. The van der Waals surface area contributed by atoms with Gasteiger partial charge in [0.2, 0.25) is 0 Å². The second kappa shape index (κ2) is 4.29. The highest BCUT2D eigenvalue weighted by Gasteiger charge is 2.20. The predicted octanol–water partition coefficient (Wildman–Crippen LogP) is 2.22. The molecule has 1 aliphatic heterocycles. The molecular weight excluding hydrogens is 214 g/mol. The molecule has 0 radical (unpaired) electrons. The van der Waals surface area contributed by atoms with Crippen molar-refractivity contribution < 1.29 is 10.2 Å². The first-order chi connectivity index (χ1) is 7.20. The zero-order valence-corrected chi connectivity index (χ0v) is 9.09. The fourth-order valence-corrected chi connectivity index (χ4v) is 2.19. The molecule has 0 saturated carbocycles. The molecule has 4 heteroatoms. The van der Waals surface area contributed by atoms with Gasteiger partial charge in [-0.15, -0.1) is 0 Å². The Morgan fingerprint density at radius 2 is 1.80 bits per heavy atom. The highest BCUT2D eigenvalue weighted by atomic mass is 35.5. The standard InChI is InChI=1S/C11H14ClNO2/c12-9-2-1-8(10(14)11(9)15)7-3-5-13-6-4-7/h1-2,7,13-15H,3-6H2. The lowest BCUT2D eigenvalue weighted by Gasteiger charge is -2.23. The van der Waals surface area contributed by atoms with Crippen molar-refractivity contribution in [1.82, 2.24) is 5.32 Å². The van der Waals surface area contributed by atoms with Crippen LogP contribution >= 0.6 is 11.6 Å². The maximum atomic E-state index is 9.78. The quantitative estimate of drug-likeness (QED) is 0.645. The molecule has 1 aromatic rings. The molecule has 0 unspecified atom stereocenters. The number of phenolic OH excluding ortho intramolecular Hbond substituents is 2. The molecule has 3 nitrogen and oxygen atoms in total. The van der Waals surface area contributed by atoms with Gasteiger partial charge in [0.25, 0.3) is 0 Å². The van der Waals surface area contributed by atoms with Gasteiger partial charge in [-0.2, -0.15) is 0 Å². The molecule has 1 aromatic carbocycles. The van der Waals surface area contributed by atoms with Gasteiger partial charge < -0.3 is 15.5 Å². The maximum Gasteiger partial charge on any atom is 0.176 e. The molecule has 0 aliphatic carbocycles. The van der Waals surface area contributed by atoms with E-state index in [9.17, 15) is 10.2 Å². The van der Waals surface area contributed by atoms with Gasteiger partial charge in [-0.25, -0.2) is 0 Å². The average molecular weight is 228 g/mol. The fourth-order valence-electron chi connectivity index (χ4n) is 2.03. The van der Waals surface area contributed by atoms with Crippen molar-refractivity contribution in [3.05, 3.63) is 22.7 Å². The Morgan fingerprint density at radius 1 is 1.13 bits per heavy atom. The number of hydrogen-bond donors (Lipinski definition) is 3. The topological polar surface area (TPSA) is 52.5 Å². The molecule has 0 amide bonds. The molecule has 82 valence electrons. The van der Waals surface area contributed by atoms with E-state index in [0.29, 0.717) is 5.92 Å². The lowest BCUT2D eigenvalue weighted by atomic mass is 9.89. The van der Waals surface area contributed by atoms with Gasteiger partial charge in [-0.3, -0.25) is 0 Å². The molecule has 15 heavy (non-hydrogen) atoms. The Kier molecular flexibility index (Phi) is 3.03. The number of phenols is 2. The second-order valence-corrected chi connectivity index (χ2v) is 4.27. The summed E-state index contributed by atoms with van der Waals surface area (Å²) in [5.74, 6) is 0.0523. The lowest BCUT2D eigenvalue weighted by Crippen LogP contribution is -2.26. The third kappa shape index (κ3) is 2.03. The van der Waals surface area contributed by atoms with Crippen molar-refractivity contribution in [2.45, 2.75) is 18.8 Å². The number of hydrogen-bond acceptors (Lipinski definition) is 3. The highest BCUT2D eigenvalue weighted by molar-refractivity contribution is 6.32. The van der Waals surface area contributed by atoms with Crippen LogP contribution in [0.3, 0.4) is 0 Å². The smallest absolute Gasteiger partial charge is 0.176 e. The van der Waals surface area contributed by atoms with E-state index in [1.165, 1.54) is 0 Å². The summed E-state index contributed by atoms with van der Waals surface area (Å²) in [5.41, 5.74) is 0.804. The van der Waals surface area contributed by atoms with Crippen LogP contribution in [0.15, 0.2) is 12.1 Å². The van der Waals surface area contributed by atoms with Crippen molar-refractivity contribution in [2.24, 2.45) is 0 Å². The van der Waals surface area contributed by atoms with Crippen LogP contribution in [0.5, 0.6) is 11.5 Å². The zero-order chi connectivity index (χ0) is 10.8. The predicted molar refractivity (Wildman–Crippen MR) is 59.6 cm³/mol. The van der Waals surface area contributed by atoms with Crippen molar-refractivity contribution in [1.29, 1.82) is 0 Å². The normalized spacial score (nSPS) is 17.9. The maximum absolute atomic E-state index is 9.78. The van der Waals surface area contributed by atoms with Gasteiger partial charge in [-0.1, -0.05) is 17.7 Å². The Morgan fingerprint density at radius 3 is 2.47 bits per heavy atom. The molecule has 0 bridgehead atoms. The zero-order valence-electron chi connectivity index (χ0n) is 8.33. The largest absolute Gasteiger partial charge is 0.504 e. The summed E-state index contributed by atoms with van der Waals surface area (Å²) < 4.78 is 0. The van der Waals surface area contributed by atoms with Crippen LogP contribution in [-0.4, -0.2) is 23.3 Å². The van der Waals surface area contributed by atoms with Gasteiger partial charge in [0.05, 0.1) is 5.02 Å². The third-order valence-corrected chi connectivity index (χ3v) is 3.22. The summed E-state index contributed by atoms with van der Waals surface area (Å²) >= 11 is 5.70. The summed E-state index contributed by atoms with van der Waals surface area (Å²) in [6.07, 6.45) is 1.96. The monoisotopic (exact) mass is 227 g/mol. The molecule has 2 rings (SSSR count).